The number of aliphatic hydroxyl groups excluding tert-OH is 2. The highest BCUT2D eigenvalue weighted by molar-refractivity contribution is 4.63. The molecule has 2 unspecified atom stereocenters. The summed E-state index contributed by atoms with van der Waals surface area (Å²) in [4.78, 5) is 0. The molecule has 2 nitrogen and oxygen atoms in total. The summed E-state index contributed by atoms with van der Waals surface area (Å²) in [7, 11) is 0. The van der Waals surface area contributed by atoms with Crippen LogP contribution in [-0.4, -0.2) is 22.9 Å². The van der Waals surface area contributed by atoms with Gasteiger partial charge in [0.05, 0.1) is 6.10 Å². The molecule has 68 valence electrons. The van der Waals surface area contributed by atoms with Gasteiger partial charge in [-0.05, 0) is 31.6 Å². The van der Waals surface area contributed by atoms with E-state index in [1.165, 1.54) is 0 Å². The zero-order valence-corrected chi connectivity index (χ0v) is 7.75. The average Bonchev–Trinajstić information content (AvgIpc) is 1.84. The van der Waals surface area contributed by atoms with Crippen molar-refractivity contribution in [1.82, 2.24) is 0 Å². The van der Waals surface area contributed by atoms with Crippen LogP contribution in [0.2, 0.25) is 0 Å². The molecule has 2 N–H and O–H groups in total. The highest BCUT2D eigenvalue weighted by atomic mass is 16.3. The van der Waals surface area contributed by atoms with Gasteiger partial charge >= 0.3 is 0 Å². The highest BCUT2D eigenvalue weighted by Gasteiger charge is 2.11. The lowest BCUT2D eigenvalue weighted by atomic mass is 9.93. The van der Waals surface area contributed by atoms with Gasteiger partial charge in [0.2, 0.25) is 0 Å². The number of aliphatic hydroxyl groups is 2. The summed E-state index contributed by atoms with van der Waals surface area (Å²) in [6, 6.07) is 0. The molecule has 0 aliphatic carbocycles. The molecule has 0 aromatic rings. The lowest BCUT2D eigenvalue weighted by molar-refractivity contribution is 0.119. The van der Waals surface area contributed by atoms with E-state index in [0.29, 0.717) is 12.3 Å². The summed E-state index contributed by atoms with van der Waals surface area (Å²) in [5, 5.41) is 18.0. The second kappa shape index (κ2) is 5.56. The first-order valence-corrected chi connectivity index (χ1v) is 4.35. The Hall–Kier alpha value is -0.0800. The highest BCUT2D eigenvalue weighted by Crippen LogP contribution is 2.16. The van der Waals surface area contributed by atoms with Crippen LogP contribution in [-0.2, 0) is 0 Å². The third-order valence-corrected chi connectivity index (χ3v) is 1.74. The van der Waals surface area contributed by atoms with E-state index in [9.17, 15) is 0 Å². The first-order valence-electron chi connectivity index (χ1n) is 4.35. The molecule has 0 spiro atoms. The maximum absolute atomic E-state index is 9.06. The quantitative estimate of drug-likeness (QED) is 0.638. The Morgan fingerprint density at radius 2 is 1.64 bits per heavy atom. The SMILES string of the molecule is CC(C)CC(CO)CC(C)O. The lowest BCUT2D eigenvalue weighted by Crippen LogP contribution is -2.15. The van der Waals surface area contributed by atoms with Crippen molar-refractivity contribution in [3.05, 3.63) is 0 Å². The van der Waals surface area contributed by atoms with Crippen LogP contribution in [0.15, 0.2) is 0 Å². The summed E-state index contributed by atoms with van der Waals surface area (Å²) in [6.07, 6.45) is 1.43. The Labute approximate surface area is 69.2 Å². The van der Waals surface area contributed by atoms with Crippen molar-refractivity contribution in [1.29, 1.82) is 0 Å². The Morgan fingerprint density at radius 1 is 1.09 bits per heavy atom. The first-order chi connectivity index (χ1) is 5.06. The molecular formula is C9H20O2. The van der Waals surface area contributed by atoms with Crippen LogP contribution in [0.3, 0.4) is 0 Å². The van der Waals surface area contributed by atoms with Crippen LogP contribution in [0, 0.1) is 11.8 Å². The van der Waals surface area contributed by atoms with E-state index in [1.54, 1.807) is 6.92 Å². The van der Waals surface area contributed by atoms with E-state index in [4.69, 9.17) is 10.2 Å². The van der Waals surface area contributed by atoms with Crippen molar-refractivity contribution in [3.8, 4) is 0 Å². The largest absolute Gasteiger partial charge is 0.396 e. The molecule has 0 bridgehead atoms. The predicted octanol–water partition coefficient (Wildman–Crippen LogP) is 1.41. The third kappa shape index (κ3) is 6.32. The van der Waals surface area contributed by atoms with E-state index in [0.717, 1.165) is 6.42 Å². The Kier molecular flexibility index (Phi) is 5.51. The molecule has 0 aliphatic rings. The van der Waals surface area contributed by atoms with Gasteiger partial charge in [-0.3, -0.25) is 0 Å². The number of hydrogen-bond donors (Lipinski definition) is 2. The molecule has 2 atom stereocenters. The molecule has 0 rings (SSSR count). The van der Waals surface area contributed by atoms with Crippen molar-refractivity contribution < 1.29 is 10.2 Å². The minimum Gasteiger partial charge on any atom is -0.396 e. The van der Waals surface area contributed by atoms with Crippen LogP contribution < -0.4 is 0 Å². The van der Waals surface area contributed by atoms with Crippen LogP contribution in [0.5, 0.6) is 0 Å². The van der Waals surface area contributed by atoms with Gasteiger partial charge in [-0.25, -0.2) is 0 Å². The predicted molar refractivity (Wildman–Crippen MR) is 46.3 cm³/mol. The molecule has 0 saturated carbocycles. The molecule has 0 radical (unpaired) electrons. The topological polar surface area (TPSA) is 40.5 Å². The summed E-state index contributed by atoms with van der Waals surface area (Å²) in [5.41, 5.74) is 0. The fourth-order valence-corrected chi connectivity index (χ4v) is 1.39. The van der Waals surface area contributed by atoms with E-state index in [1.807, 2.05) is 0 Å². The maximum Gasteiger partial charge on any atom is 0.0515 e. The van der Waals surface area contributed by atoms with Crippen molar-refractivity contribution in [2.75, 3.05) is 6.61 Å². The van der Waals surface area contributed by atoms with Crippen LogP contribution >= 0.6 is 0 Å². The summed E-state index contributed by atoms with van der Waals surface area (Å²) < 4.78 is 0. The van der Waals surface area contributed by atoms with E-state index >= 15 is 0 Å². The van der Waals surface area contributed by atoms with Crippen molar-refractivity contribution in [2.24, 2.45) is 11.8 Å². The first kappa shape index (κ1) is 10.9. The normalized spacial score (nSPS) is 16.9. The molecule has 0 heterocycles. The number of hydrogen-bond acceptors (Lipinski definition) is 2. The smallest absolute Gasteiger partial charge is 0.0515 e. The van der Waals surface area contributed by atoms with Crippen molar-refractivity contribution in [3.63, 3.8) is 0 Å². The van der Waals surface area contributed by atoms with E-state index in [-0.39, 0.29) is 18.6 Å². The Morgan fingerprint density at radius 3 is 1.91 bits per heavy atom. The number of rotatable bonds is 5. The van der Waals surface area contributed by atoms with Gasteiger partial charge in [0.15, 0.2) is 0 Å². The van der Waals surface area contributed by atoms with Gasteiger partial charge in [-0.1, -0.05) is 13.8 Å². The summed E-state index contributed by atoms with van der Waals surface area (Å²) in [5.74, 6) is 0.876. The molecule has 0 aromatic carbocycles. The molecule has 0 aliphatic heterocycles. The van der Waals surface area contributed by atoms with E-state index in [2.05, 4.69) is 13.8 Å². The van der Waals surface area contributed by atoms with Gasteiger partial charge < -0.3 is 10.2 Å². The van der Waals surface area contributed by atoms with Crippen LogP contribution in [0.4, 0.5) is 0 Å². The fraction of sp³-hybridized carbons (Fsp3) is 1.00. The molecule has 11 heavy (non-hydrogen) atoms. The van der Waals surface area contributed by atoms with Crippen LogP contribution in [0.25, 0.3) is 0 Å². The Bertz CT molecular complexity index is 79.6. The molecule has 0 aromatic heterocycles. The zero-order chi connectivity index (χ0) is 8.85. The fourth-order valence-electron chi connectivity index (χ4n) is 1.39. The average molecular weight is 160 g/mol. The van der Waals surface area contributed by atoms with Gasteiger partial charge in [0.25, 0.3) is 0 Å². The van der Waals surface area contributed by atoms with Gasteiger partial charge in [0, 0.05) is 6.61 Å². The second-order valence-electron chi connectivity index (χ2n) is 3.76. The summed E-state index contributed by atoms with van der Waals surface area (Å²) >= 11 is 0. The minimum absolute atomic E-state index is 0.198. The van der Waals surface area contributed by atoms with E-state index < -0.39 is 0 Å². The lowest BCUT2D eigenvalue weighted by Gasteiger charge is -2.17. The molecular weight excluding hydrogens is 140 g/mol. The third-order valence-electron chi connectivity index (χ3n) is 1.74. The van der Waals surface area contributed by atoms with Gasteiger partial charge in [-0.15, -0.1) is 0 Å². The van der Waals surface area contributed by atoms with Gasteiger partial charge in [-0.2, -0.15) is 0 Å². The zero-order valence-electron chi connectivity index (χ0n) is 7.75. The van der Waals surface area contributed by atoms with Crippen LogP contribution in [0.1, 0.15) is 33.6 Å². The minimum atomic E-state index is -0.286. The standard InChI is InChI=1S/C9H20O2/c1-7(2)4-9(6-10)5-8(3)11/h7-11H,4-6H2,1-3H3. The molecule has 2 heteroatoms. The monoisotopic (exact) mass is 160 g/mol. The second-order valence-corrected chi connectivity index (χ2v) is 3.76. The molecule has 0 amide bonds. The van der Waals surface area contributed by atoms with Crippen molar-refractivity contribution in [2.45, 2.75) is 39.7 Å². The maximum atomic E-state index is 9.06. The summed E-state index contributed by atoms with van der Waals surface area (Å²) in [6.45, 7) is 6.22. The molecule has 0 fully saturated rings. The Balaban J connectivity index is 3.58. The molecule has 0 saturated heterocycles. The van der Waals surface area contributed by atoms with Crippen molar-refractivity contribution >= 4 is 0 Å². The van der Waals surface area contributed by atoms with Gasteiger partial charge in [0.1, 0.15) is 0 Å².